The molecule has 1 atom stereocenters. The van der Waals surface area contributed by atoms with Crippen LogP contribution in [-0.2, 0) is 17.8 Å². The van der Waals surface area contributed by atoms with Gasteiger partial charge in [-0.3, -0.25) is 9.78 Å². The van der Waals surface area contributed by atoms with E-state index in [1.165, 1.54) is 0 Å². The molecule has 108 valence electrons. The van der Waals surface area contributed by atoms with E-state index in [4.69, 9.17) is 18.0 Å². The van der Waals surface area contributed by atoms with E-state index >= 15 is 0 Å². The predicted octanol–water partition coefficient (Wildman–Crippen LogP) is 1.84. The standard InChI is InChI=1S/C16H17N3OS/c17-15(21)14(10-12-6-2-1-3-7-12)16(20)19-11-13-8-4-5-9-18-13/h1-9,14H,10-11H2,(H2,17,21)(H,19,20). The van der Waals surface area contributed by atoms with Gasteiger partial charge in [-0.1, -0.05) is 48.6 Å². The number of pyridine rings is 1. The summed E-state index contributed by atoms with van der Waals surface area (Å²) in [6.45, 7) is 0.369. The SMILES string of the molecule is NC(=S)C(Cc1ccccc1)C(=O)NCc1ccccn1. The maximum absolute atomic E-state index is 12.3. The molecule has 1 amide bonds. The minimum Gasteiger partial charge on any atom is -0.393 e. The molecule has 1 heterocycles. The van der Waals surface area contributed by atoms with Crippen molar-refractivity contribution in [3.05, 3.63) is 66.0 Å². The third-order valence-electron chi connectivity index (χ3n) is 3.11. The van der Waals surface area contributed by atoms with Gasteiger partial charge in [0.15, 0.2) is 0 Å². The van der Waals surface area contributed by atoms with Crippen LogP contribution in [0.4, 0.5) is 0 Å². The third-order valence-corrected chi connectivity index (χ3v) is 3.40. The lowest BCUT2D eigenvalue weighted by Crippen LogP contribution is -2.39. The van der Waals surface area contributed by atoms with E-state index in [9.17, 15) is 4.79 Å². The summed E-state index contributed by atoms with van der Waals surface area (Å²) < 4.78 is 0. The van der Waals surface area contributed by atoms with Crippen LogP contribution in [0.3, 0.4) is 0 Å². The molecule has 0 spiro atoms. The average molecular weight is 299 g/mol. The molecule has 2 rings (SSSR count). The van der Waals surface area contributed by atoms with Crippen LogP contribution in [0.15, 0.2) is 54.7 Å². The Balaban J connectivity index is 1.98. The van der Waals surface area contributed by atoms with Crippen LogP contribution >= 0.6 is 12.2 Å². The van der Waals surface area contributed by atoms with Crippen molar-refractivity contribution in [2.24, 2.45) is 11.7 Å². The zero-order chi connectivity index (χ0) is 15.1. The van der Waals surface area contributed by atoms with Gasteiger partial charge in [-0.05, 0) is 24.1 Å². The highest BCUT2D eigenvalue weighted by Crippen LogP contribution is 2.10. The van der Waals surface area contributed by atoms with E-state index in [0.717, 1.165) is 11.3 Å². The maximum atomic E-state index is 12.3. The molecule has 0 saturated carbocycles. The molecule has 0 saturated heterocycles. The van der Waals surface area contributed by atoms with Crippen molar-refractivity contribution in [3.63, 3.8) is 0 Å². The monoisotopic (exact) mass is 299 g/mol. The highest BCUT2D eigenvalue weighted by molar-refractivity contribution is 7.80. The van der Waals surface area contributed by atoms with Crippen molar-refractivity contribution in [1.29, 1.82) is 0 Å². The quantitative estimate of drug-likeness (QED) is 0.799. The molecule has 1 unspecified atom stereocenters. The van der Waals surface area contributed by atoms with Gasteiger partial charge in [0.2, 0.25) is 5.91 Å². The number of nitrogens with one attached hydrogen (secondary N) is 1. The summed E-state index contributed by atoms with van der Waals surface area (Å²) in [7, 11) is 0. The largest absolute Gasteiger partial charge is 0.393 e. The number of thiocarbonyl (C=S) groups is 1. The molecule has 1 aromatic heterocycles. The summed E-state index contributed by atoms with van der Waals surface area (Å²) in [6, 6.07) is 15.3. The fourth-order valence-corrected chi connectivity index (χ4v) is 2.17. The Bertz CT molecular complexity index is 601. The number of aromatic nitrogens is 1. The van der Waals surface area contributed by atoms with Crippen LogP contribution < -0.4 is 11.1 Å². The molecular formula is C16H17N3OS. The fourth-order valence-electron chi connectivity index (χ4n) is 1.98. The Morgan fingerprint density at radius 2 is 1.90 bits per heavy atom. The zero-order valence-corrected chi connectivity index (χ0v) is 12.3. The minimum absolute atomic E-state index is 0.169. The summed E-state index contributed by atoms with van der Waals surface area (Å²) in [4.78, 5) is 16.6. The molecule has 0 aliphatic carbocycles. The first kappa shape index (κ1) is 15.1. The maximum Gasteiger partial charge on any atom is 0.230 e. The van der Waals surface area contributed by atoms with Crippen LogP contribution in [0.2, 0.25) is 0 Å². The van der Waals surface area contributed by atoms with Crippen LogP contribution in [0.1, 0.15) is 11.3 Å². The van der Waals surface area contributed by atoms with Gasteiger partial charge in [-0.25, -0.2) is 0 Å². The van der Waals surface area contributed by atoms with Gasteiger partial charge in [-0.2, -0.15) is 0 Å². The molecule has 4 nitrogen and oxygen atoms in total. The summed E-state index contributed by atoms with van der Waals surface area (Å²) in [5, 5.41) is 2.83. The number of benzene rings is 1. The van der Waals surface area contributed by atoms with Crippen molar-refractivity contribution in [1.82, 2.24) is 10.3 Å². The first-order valence-electron chi connectivity index (χ1n) is 6.67. The van der Waals surface area contributed by atoms with E-state index < -0.39 is 5.92 Å². The Kier molecular flexibility index (Phi) is 5.40. The number of carbonyl (C=O) groups is 1. The van der Waals surface area contributed by atoms with Crippen molar-refractivity contribution < 1.29 is 4.79 Å². The second-order valence-corrected chi connectivity index (χ2v) is 5.15. The molecule has 5 heteroatoms. The first-order valence-corrected chi connectivity index (χ1v) is 7.08. The van der Waals surface area contributed by atoms with Crippen LogP contribution in [0.25, 0.3) is 0 Å². The van der Waals surface area contributed by atoms with Gasteiger partial charge in [0, 0.05) is 6.20 Å². The summed E-state index contributed by atoms with van der Waals surface area (Å²) >= 11 is 5.02. The number of amides is 1. The van der Waals surface area contributed by atoms with Crippen LogP contribution in [-0.4, -0.2) is 15.9 Å². The zero-order valence-electron chi connectivity index (χ0n) is 11.5. The summed E-state index contributed by atoms with van der Waals surface area (Å²) in [5.41, 5.74) is 7.54. The summed E-state index contributed by atoms with van der Waals surface area (Å²) in [5.74, 6) is -0.678. The fraction of sp³-hybridized carbons (Fsp3) is 0.188. The second-order valence-electron chi connectivity index (χ2n) is 4.68. The molecule has 0 fully saturated rings. The van der Waals surface area contributed by atoms with Crippen LogP contribution in [0, 0.1) is 5.92 Å². The van der Waals surface area contributed by atoms with E-state index in [1.54, 1.807) is 6.20 Å². The topological polar surface area (TPSA) is 68.0 Å². The lowest BCUT2D eigenvalue weighted by atomic mass is 9.98. The van der Waals surface area contributed by atoms with Crippen molar-refractivity contribution >= 4 is 23.1 Å². The van der Waals surface area contributed by atoms with Gasteiger partial charge >= 0.3 is 0 Å². The first-order chi connectivity index (χ1) is 10.2. The molecule has 0 bridgehead atoms. The summed E-state index contributed by atoms with van der Waals surface area (Å²) in [6.07, 6.45) is 2.20. The van der Waals surface area contributed by atoms with Crippen molar-refractivity contribution in [3.8, 4) is 0 Å². The number of hydrogen-bond acceptors (Lipinski definition) is 3. The number of nitrogens with zero attached hydrogens (tertiary/aromatic N) is 1. The normalized spacial score (nSPS) is 11.6. The van der Waals surface area contributed by atoms with E-state index in [2.05, 4.69) is 10.3 Å². The average Bonchev–Trinajstić information content (AvgIpc) is 2.52. The lowest BCUT2D eigenvalue weighted by molar-refractivity contribution is -0.123. The predicted molar refractivity (Wildman–Crippen MR) is 86.5 cm³/mol. The molecule has 3 N–H and O–H groups in total. The molecule has 0 aliphatic heterocycles. The molecule has 21 heavy (non-hydrogen) atoms. The van der Waals surface area contributed by atoms with Gasteiger partial charge < -0.3 is 11.1 Å². The molecule has 2 aromatic rings. The van der Waals surface area contributed by atoms with Crippen molar-refractivity contribution in [2.45, 2.75) is 13.0 Å². The highest BCUT2D eigenvalue weighted by atomic mass is 32.1. The number of hydrogen-bond donors (Lipinski definition) is 2. The number of nitrogens with two attached hydrogens (primary N) is 1. The Morgan fingerprint density at radius 1 is 1.19 bits per heavy atom. The molecule has 0 aliphatic rings. The number of rotatable bonds is 6. The minimum atomic E-state index is -0.508. The van der Waals surface area contributed by atoms with Gasteiger partial charge in [0.25, 0.3) is 0 Å². The van der Waals surface area contributed by atoms with E-state index in [1.807, 2.05) is 48.5 Å². The molecule has 0 radical (unpaired) electrons. The highest BCUT2D eigenvalue weighted by Gasteiger charge is 2.21. The van der Waals surface area contributed by atoms with Gasteiger partial charge in [-0.15, -0.1) is 0 Å². The van der Waals surface area contributed by atoms with Crippen molar-refractivity contribution in [2.75, 3.05) is 0 Å². The van der Waals surface area contributed by atoms with Gasteiger partial charge in [0.1, 0.15) is 0 Å². The lowest BCUT2D eigenvalue weighted by Gasteiger charge is -2.15. The van der Waals surface area contributed by atoms with E-state index in [0.29, 0.717) is 13.0 Å². The smallest absolute Gasteiger partial charge is 0.230 e. The Morgan fingerprint density at radius 3 is 2.52 bits per heavy atom. The Hall–Kier alpha value is -2.27. The second kappa shape index (κ2) is 7.50. The number of carbonyl (C=O) groups excluding carboxylic acids is 1. The van der Waals surface area contributed by atoms with Crippen LogP contribution in [0.5, 0.6) is 0 Å². The Labute approximate surface area is 129 Å². The molecular weight excluding hydrogens is 282 g/mol. The third kappa shape index (κ3) is 4.65. The van der Waals surface area contributed by atoms with E-state index in [-0.39, 0.29) is 10.9 Å². The molecule has 1 aromatic carbocycles. The van der Waals surface area contributed by atoms with Gasteiger partial charge in [0.05, 0.1) is 23.1 Å².